The highest BCUT2D eigenvalue weighted by atomic mass is 35.5. The van der Waals surface area contributed by atoms with Crippen molar-refractivity contribution >= 4 is 44.7 Å². The number of nitrogens with zero attached hydrogens (tertiary/aromatic N) is 4. The molecule has 2 aromatic heterocycles. The van der Waals surface area contributed by atoms with Gasteiger partial charge in [-0.05, 0) is 60.3 Å². The number of aromatic nitrogens is 2. The maximum atomic E-state index is 6.33. The molecule has 0 N–H and O–H groups in total. The maximum absolute atomic E-state index is 6.33. The van der Waals surface area contributed by atoms with Crippen LogP contribution in [0, 0.1) is 13.8 Å². The lowest BCUT2D eigenvalue weighted by molar-refractivity contribution is 0.415. The smallest absolute Gasteiger partial charge is 0.225 e. The summed E-state index contributed by atoms with van der Waals surface area (Å²) in [6.07, 6.45) is 0. The molecule has 0 spiro atoms. The van der Waals surface area contributed by atoms with Gasteiger partial charge in [-0.3, -0.25) is 0 Å². The number of fused-ring (bicyclic) bond motifs is 1. The van der Waals surface area contributed by atoms with E-state index in [1.807, 2.05) is 12.1 Å². The fourth-order valence-corrected chi connectivity index (χ4v) is 5.50. The summed E-state index contributed by atoms with van der Waals surface area (Å²) in [5.41, 5.74) is 6.27. The van der Waals surface area contributed by atoms with Crippen LogP contribution in [0.4, 0.5) is 11.5 Å². The Morgan fingerprint density at radius 1 is 0.938 bits per heavy atom. The van der Waals surface area contributed by atoms with Crippen LogP contribution in [0.25, 0.3) is 21.3 Å². The van der Waals surface area contributed by atoms with Gasteiger partial charge in [-0.1, -0.05) is 24.3 Å². The summed E-state index contributed by atoms with van der Waals surface area (Å²) >= 11 is 7.94. The van der Waals surface area contributed by atoms with E-state index in [-0.39, 0.29) is 0 Å². The summed E-state index contributed by atoms with van der Waals surface area (Å²) in [6, 6.07) is 14.7. The number of rotatable bonds is 4. The highest BCUT2D eigenvalue weighted by molar-refractivity contribution is 7.17. The molecule has 1 aliphatic rings. The zero-order valence-corrected chi connectivity index (χ0v) is 20.0. The van der Waals surface area contributed by atoms with Crippen molar-refractivity contribution in [3.63, 3.8) is 0 Å². The minimum Gasteiger partial charge on any atom is -0.497 e. The van der Waals surface area contributed by atoms with E-state index in [4.69, 9.17) is 21.3 Å². The second kappa shape index (κ2) is 8.60. The summed E-state index contributed by atoms with van der Waals surface area (Å²) in [7, 11) is 1.68. The van der Waals surface area contributed by atoms with Gasteiger partial charge in [0.25, 0.3) is 0 Å². The average Bonchev–Trinajstić information content (AvgIpc) is 3.24. The van der Waals surface area contributed by atoms with Gasteiger partial charge in [-0.15, -0.1) is 11.3 Å². The van der Waals surface area contributed by atoms with Gasteiger partial charge in [0.2, 0.25) is 5.28 Å². The lowest BCUT2D eigenvalue weighted by Crippen LogP contribution is -2.47. The van der Waals surface area contributed by atoms with E-state index in [9.17, 15) is 0 Å². The first-order chi connectivity index (χ1) is 15.5. The first kappa shape index (κ1) is 21.0. The van der Waals surface area contributed by atoms with E-state index in [0.717, 1.165) is 59.1 Å². The molecular formula is C25H25ClN4OS. The van der Waals surface area contributed by atoms with Crippen molar-refractivity contribution in [1.29, 1.82) is 0 Å². The quantitative estimate of drug-likeness (QED) is 0.348. The molecule has 1 aliphatic heterocycles. The fourth-order valence-electron chi connectivity index (χ4n) is 4.35. The topological polar surface area (TPSA) is 41.5 Å². The van der Waals surface area contributed by atoms with E-state index in [1.54, 1.807) is 18.4 Å². The number of benzene rings is 2. The molecule has 5 rings (SSSR count). The van der Waals surface area contributed by atoms with Gasteiger partial charge in [0, 0.05) is 42.8 Å². The normalized spacial score (nSPS) is 14.2. The molecule has 0 saturated carbocycles. The Hall–Kier alpha value is -2.83. The molecule has 0 radical (unpaired) electrons. The standard InChI is InChI=1S/C25H25ClN4OS/c1-16-5-4-6-21(17(16)2)29-11-13-30(14-12-29)23-22-20(15-32-24(22)28-25(26)27-23)18-7-9-19(31-3)10-8-18/h4-10,15H,11-14H2,1-3H3. The van der Waals surface area contributed by atoms with E-state index in [0.29, 0.717) is 5.28 Å². The molecule has 4 aromatic rings. The van der Waals surface area contributed by atoms with Crippen LogP contribution < -0.4 is 14.5 Å². The van der Waals surface area contributed by atoms with Crippen LogP contribution in [-0.4, -0.2) is 43.3 Å². The minimum absolute atomic E-state index is 0.299. The van der Waals surface area contributed by atoms with Crippen molar-refractivity contribution < 1.29 is 4.74 Å². The predicted octanol–water partition coefficient (Wildman–Crippen LogP) is 5.96. The Morgan fingerprint density at radius 3 is 2.38 bits per heavy atom. The van der Waals surface area contributed by atoms with Crippen molar-refractivity contribution in [1.82, 2.24) is 9.97 Å². The van der Waals surface area contributed by atoms with Crippen LogP contribution >= 0.6 is 22.9 Å². The van der Waals surface area contributed by atoms with E-state index >= 15 is 0 Å². The van der Waals surface area contributed by atoms with Crippen LogP contribution in [0.3, 0.4) is 0 Å². The average molecular weight is 465 g/mol. The summed E-state index contributed by atoms with van der Waals surface area (Å²) in [6.45, 7) is 8.02. The van der Waals surface area contributed by atoms with Crippen molar-refractivity contribution in [2.45, 2.75) is 13.8 Å². The highest BCUT2D eigenvalue weighted by Crippen LogP contribution is 2.40. The third kappa shape index (κ3) is 3.78. The molecule has 0 amide bonds. The Balaban J connectivity index is 1.48. The Morgan fingerprint density at radius 2 is 1.66 bits per heavy atom. The SMILES string of the molecule is COc1ccc(-c2csc3nc(Cl)nc(N4CCN(c5cccc(C)c5C)CC4)c23)cc1. The molecule has 0 bridgehead atoms. The lowest BCUT2D eigenvalue weighted by atomic mass is 10.1. The Bertz CT molecular complexity index is 1260. The van der Waals surface area contributed by atoms with Crippen molar-refractivity contribution in [2.75, 3.05) is 43.1 Å². The summed E-state index contributed by atoms with van der Waals surface area (Å²) in [5.74, 6) is 1.77. The summed E-state index contributed by atoms with van der Waals surface area (Å²) < 4.78 is 5.32. The van der Waals surface area contributed by atoms with Gasteiger partial charge in [0.1, 0.15) is 16.4 Å². The van der Waals surface area contributed by atoms with Crippen LogP contribution in [0.1, 0.15) is 11.1 Å². The molecule has 0 unspecified atom stereocenters. The molecule has 32 heavy (non-hydrogen) atoms. The number of piperazine rings is 1. The second-order valence-electron chi connectivity index (χ2n) is 8.07. The van der Waals surface area contributed by atoms with Gasteiger partial charge in [0.05, 0.1) is 12.5 Å². The number of methoxy groups -OCH3 is 1. The number of anilines is 2. The van der Waals surface area contributed by atoms with Crippen LogP contribution in [0.2, 0.25) is 5.28 Å². The Kier molecular flexibility index (Phi) is 5.66. The van der Waals surface area contributed by atoms with E-state index in [1.165, 1.54) is 16.8 Å². The largest absolute Gasteiger partial charge is 0.497 e. The first-order valence-electron chi connectivity index (χ1n) is 10.7. The fraction of sp³-hybridized carbons (Fsp3) is 0.280. The number of halogens is 1. The summed E-state index contributed by atoms with van der Waals surface area (Å²) in [5, 5.41) is 3.52. The van der Waals surface area contributed by atoms with Crippen LogP contribution in [-0.2, 0) is 0 Å². The van der Waals surface area contributed by atoms with Crippen LogP contribution in [0.15, 0.2) is 47.8 Å². The Labute approximate surface area is 197 Å². The van der Waals surface area contributed by atoms with Gasteiger partial charge < -0.3 is 14.5 Å². The predicted molar refractivity (Wildman–Crippen MR) is 135 cm³/mol. The number of aryl methyl sites for hydroxylation is 1. The van der Waals surface area contributed by atoms with Crippen molar-refractivity contribution in [3.05, 3.63) is 64.3 Å². The molecule has 2 aromatic carbocycles. The third-order valence-electron chi connectivity index (χ3n) is 6.28. The lowest BCUT2D eigenvalue weighted by Gasteiger charge is -2.38. The maximum Gasteiger partial charge on any atom is 0.225 e. The second-order valence-corrected chi connectivity index (χ2v) is 9.26. The molecule has 164 valence electrons. The molecule has 5 nitrogen and oxygen atoms in total. The molecule has 0 atom stereocenters. The highest BCUT2D eigenvalue weighted by Gasteiger charge is 2.24. The zero-order valence-electron chi connectivity index (χ0n) is 18.4. The number of thiophene rings is 1. The van der Waals surface area contributed by atoms with Crippen molar-refractivity contribution in [3.8, 4) is 16.9 Å². The number of hydrogen-bond acceptors (Lipinski definition) is 6. The number of hydrogen-bond donors (Lipinski definition) is 0. The first-order valence-corrected chi connectivity index (χ1v) is 12.0. The zero-order chi connectivity index (χ0) is 22.2. The molecule has 3 heterocycles. The monoisotopic (exact) mass is 464 g/mol. The van der Waals surface area contributed by atoms with Crippen molar-refractivity contribution in [2.24, 2.45) is 0 Å². The van der Waals surface area contributed by atoms with Gasteiger partial charge in [-0.25, -0.2) is 4.98 Å². The molecule has 1 saturated heterocycles. The van der Waals surface area contributed by atoms with Gasteiger partial charge in [-0.2, -0.15) is 4.98 Å². The third-order valence-corrected chi connectivity index (χ3v) is 7.33. The molecule has 0 aliphatic carbocycles. The minimum atomic E-state index is 0.299. The molecular weight excluding hydrogens is 440 g/mol. The number of ether oxygens (including phenoxy) is 1. The van der Waals surface area contributed by atoms with Crippen LogP contribution in [0.5, 0.6) is 5.75 Å². The molecule has 1 fully saturated rings. The van der Waals surface area contributed by atoms with E-state index in [2.05, 4.69) is 64.3 Å². The van der Waals surface area contributed by atoms with Gasteiger partial charge in [0.15, 0.2) is 0 Å². The summed E-state index contributed by atoms with van der Waals surface area (Å²) in [4.78, 5) is 14.9. The van der Waals surface area contributed by atoms with E-state index < -0.39 is 0 Å². The van der Waals surface area contributed by atoms with Gasteiger partial charge >= 0.3 is 0 Å². The molecule has 7 heteroatoms.